The summed E-state index contributed by atoms with van der Waals surface area (Å²) in [6.07, 6.45) is 2.19. The lowest BCUT2D eigenvalue weighted by Gasteiger charge is -2.36. The highest BCUT2D eigenvalue weighted by Crippen LogP contribution is 2.43. The van der Waals surface area contributed by atoms with Crippen LogP contribution in [0.15, 0.2) is 24.3 Å². The summed E-state index contributed by atoms with van der Waals surface area (Å²) in [5.74, 6) is 1.64. The summed E-state index contributed by atoms with van der Waals surface area (Å²) in [4.78, 5) is 26.8. The molecule has 9 heteroatoms. The lowest BCUT2D eigenvalue weighted by atomic mass is 9.95. The number of morpholine rings is 1. The van der Waals surface area contributed by atoms with Crippen molar-refractivity contribution >= 4 is 17.5 Å². The largest absolute Gasteiger partial charge is 0.377 e. The van der Waals surface area contributed by atoms with E-state index in [0.717, 1.165) is 47.8 Å². The fourth-order valence-corrected chi connectivity index (χ4v) is 4.96. The Morgan fingerprint density at radius 3 is 2.69 bits per heavy atom. The van der Waals surface area contributed by atoms with Gasteiger partial charge in [0.1, 0.15) is 11.4 Å². The molecule has 3 aliphatic heterocycles. The van der Waals surface area contributed by atoms with E-state index >= 15 is 0 Å². The minimum absolute atomic E-state index is 0.215. The van der Waals surface area contributed by atoms with Gasteiger partial charge >= 0.3 is 6.03 Å². The molecule has 4 heterocycles. The molecule has 35 heavy (non-hydrogen) atoms. The van der Waals surface area contributed by atoms with Crippen molar-refractivity contribution < 1.29 is 14.3 Å². The molecule has 0 aliphatic carbocycles. The molecule has 9 nitrogen and oxygen atoms in total. The first-order valence-corrected chi connectivity index (χ1v) is 12.7. The van der Waals surface area contributed by atoms with E-state index in [1.807, 2.05) is 31.2 Å². The normalized spacial score (nSPS) is 24.1. The topological polar surface area (TPSA) is 91.9 Å². The first kappa shape index (κ1) is 24.0. The Morgan fingerprint density at radius 2 is 2.00 bits per heavy atom. The van der Waals surface area contributed by atoms with Crippen molar-refractivity contribution in [3.05, 3.63) is 35.5 Å². The maximum atomic E-state index is 11.9. The van der Waals surface area contributed by atoms with Gasteiger partial charge in [-0.05, 0) is 71.0 Å². The van der Waals surface area contributed by atoms with Crippen LogP contribution in [0.5, 0.6) is 0 Å². The zero-order chi connectivity index (χ0) is 24.4. The van der Waals surface area contributed by atoms with Crippen LogP contribution >= 0.6 is 0 Å². The van der Waals surface area contributed by atoms with Crippen LogP contribution in [-0.2, 0) is 21.7 Å². The maximum Gasteiger partial charge on any atom is 0.319 e. The van der Waals surface area contributed by atoms with Crippen molar-refractivity contribution in [3.63, 3.8) is 0 Å². The monoisotopic (exact) mass is 480 g/mol. The molecule has 2 saturated heterocycles. The van der Waals surface area contributed by atoms with E-state index in [0.29, 0.717) is 32.2 Å². The molecule has 0 unspecified atom stereocenters. The maximum absolute atomic E-state index is 11.9. The van der Waals surface area contributed by atoms with Crippen LogP contribution in [0.4, 0.5) is 16.3 Å². The predicted octanol–water partition coefficient (Wildman–Crippen LogP) is 3.35. The molecule has 1 aromatic heterocycles. The van der Waals surface area contributed by atoms with Gasteiger partial charge in [-0.15, -0.1) is 0 Å². The van der Waals surface area contributed by atoms with Crippen LogP contribution in [0.1, 0.15) is 44.9 Å². The fourth-order valence-electron chi connectivity index (χ4n) is 4.96. The quantitative estimate of drug-likeness (QED) is 0.628. The highest BCUT2D eigenvalue weighted by Gasteiger charge is 2.41. The molecule has 2 amide bonds. The summed E-state index contributed by atoms with van der Waals surface area (Å²) in [6.45, 7) is 12.9. The number of ether oxygens (including phenoxy) is 2. The minimum atomic E-state index is -0.438. The van der Waals surface area contributed by atoms with E-state index in [2.05, 4.69) is 34.3 Å². The van der Waals surface area contributed by atoms with Gasteiger partial charge in [0.05, 0.1) is 31.6 Å². The Labute approximate surface area is 207 Å². The second-order valence-corrected chi connectivity index (χ2v) is 9.84. The van der Waals surface area contributed by atoms with Gasteiger partial charge in [0, 0.05) is 36.4 Å². The number of benzene rings is 1. The summed E-state index contributed by atoms with van der Waals surface area (Å²) in [7, 11) is 0. The van der Waals surface area contributed by atoms with Gasteiger partial charge in [-0.2, -0.15) is 0 Å². The summed E-state index contributed by atoms with van der Waals surface area (Å²) in [5.41, 5.74) is 3.30. The van der Waals surface area contributed by atoms with E-state index in [4.69, 9.17) is 19.4 Å². The standard InChI is InChI=1S/C26H36N6O3/c1-4-27-25(33)28-20-8-6-19(7-9-20)23-29-22-21(24(30-23)32-14-15-34-16-18(32)2)17-35-26(22,3)10-13-31-11-5-12-31/h6-9,18H,4-5,10-17H2,1-3H3,(H2,27,28,33)/t18-,26+/m0/s1. The van der Waals surface area contributed by atoms with Gasteiger partial charge < -0.3 is 29.9 Å². The minimum Gasteiger partial charge on any atom is -0.377 e. The number of amides is 2. The number of carbonyl (C=O) groups excluding carboxylic acids is 1. The van der Waals surface area contributed by atoms with Crippen LogP contribution < -0.4 is 15.5 Å². The van der Waals surface area contributed by atoms with Gasteiger partial charge in [-0.1, -0.05) is 0 Å². The predicted molar refractivity (Wildman–Crippen MR) is 136 cm³/mol. The highest BCUT2D eigenvalue weighted by atomic mass is 16.5. The fraction of sp³-hybridized carbons (Fsp3) is 0.577. The molecule has 0 spiro atoms. The van der Waals surface area contributed by atoms with Crippen LogP contribution in [0.2, 0.25) is 0 Å². The Balaban J connectivity index is 1.48. The van der Waals surface area contributed by atoms with Gasteiger partial charge in [0.2, 0.25) is 0 Å². The molecular weight excluding hydrogens is 444 g/mol. The number of nitrogens with one attached hydrogen (secondary N) is 2. The Hall–Kier alpha value is -2.75. The van der Waals surface area contributed by atoms with Crippen molar-refractivity contribution in [3.8, 4) is 11.4 Å². The lowest BCUT2D eigenvalue weighted by Crippen LogP contribution is -2.44. The van der Waals surface area contributed by atoms with E-state index in [9.17, 15) is 4.79 Å². The lowest BCUT2D eigenvalue weighted by molar-refractivity contribution is -0.0405. The van der Waals surface area contributed by atoms with Crippen molar-refractivity contribution in [1.82, 2.24) is 20.2 Å². The van der Waals surface area contributed by atoms with E-state index in [-0.39, 0.29) is 12.1 Å². The summed E-state index contributed by atoms with van der Waals surface area (Å²) < 4.78 is 12.1. The molecule has 3 aliphatic rings. The van der Waals surface area contributed by atoms with Crippen molar-refractivity contribution in [2.75, 3.05) is 56.2 Å². The molecule has 0 saturated carbocycles. The molecule has 2 atom stereocenters. The van der Waals surface area contributed by atoms with Crippen LogP contribution in [0, 0.1) is 0 Å². The van der Waals surface area contributed by atoms with E-state index in [1.54, 1.807) is 0 Å². The van der Waals surface area contributed by atoms with Crippen molar-refractivity contribution in [2.45, 2.75) is 51.9 Å². The second-order valence-electron chi connectivity index (χ2n) is 9.84. The van der Waals surface area contributed by atoms with Crippen molar-refractivity contribution in [1.29, 1.82) is 0 Å². The van der Waals surface area contributed by atoms with Gasteiger partial charge in [0.25, 0.3) is 0 Å². The first-order chi connectivity index (χ1) is 17.0. The molecular formula is C26H36N6O3. The van der Waals surface area contributed by atoms with Gasteiger partial charge in [0.15, 0.2) is 5.82 Å². The number of rotatable bonds is 7. The number of aromatic nitrogens is 2. The third-order valence-corrected chi connectivity index (χ3v) is 7.25. The van der Waals surface area contributed by atoms with E-state index in [1.165, 1.54) is 19.5 Å². The molecule has 2 N–H and O–H groups in total. The average Bonchev–Trinajstić information content (AvgIpc) is 3.15. The Kier molecular flexibility index (Phi) is 6.91. The average molecular weight is 481 g/mol. The van der Waals surface area contributed by atoms with Crippen LogP contribution in [0.25, 0.3) is 11.4 Å². The van der Waals surface area contributed by atoms with Gasteiger partial charge in [-0.3, -0.25) is 0 Å². The number of carbonyl (C=O) groups is 1. The first-order valence-electron chi connectivity index (χ1n) is 12.7. The summed E-state index contributed by atoms with van der Waals surface area (Å²) in [5, 5.41) is 5.59. The zero-order valence-electron chi connectivity index (χ0n) is 21.0. The number of fused-ring (bicyclic) bond motifs is 1. The third-order valence-electron chi connectivity index (χ3n) is 7.25. The second kappa shape index (κ2) is 10.1. The molecule has 5 rings (SSSR count). The molecule has 0 radical (unpaired) electrons. The Bertz CT molecular complexity index is 1060. The zero-order valence-corrected chi connectivity index (χ0v) is 21.0. The number of nitrogens with zero attached hydrogens (tertiary/aromatic N) is 4. The van der Waals surface area contributed by atoms with Crippen molar-refractivity contribution in [2.24, 2.45) is 0 Å². The highest BCUT2D eigenvalue weighted by molar-refractivity contribution is 5.89. The SMILES string of the molecule is CCNC(=O)Nc1ccc(-c2nc(N3CCOC[C@@H]3C)c3c(n2)[C@@](C)(CCN2CCC2)OC3)cc1. The Morgan fingerprint density at radius 1 is 1.20 bits per heavy atom. The molecule has 1 aromatic carbocycles. The third kappa shape index (κ3) is 4.98. The molecule has 2 aromatic rings. The summed E-state index contributed by atoms with van der Waals surface area (Å²) in [6, 6.07) is 7.71. The van der Waals surface area contributed by atoms with E-state index < -0.39 is 5.60 Å². The number of likely N-dealkylation sites (tertiary alicyclic amines) is 1. The number of urea groups is 1. The van der Waals surface area contributed by atoms with Crippen LogP contribution in [-0.4, -0.2) is 72.9 Å². The molecule has 2 fully saturated rings. The number of hydrogen-bond donors (Lipinski definition) is 2. The van der Waals surface area contributed by atoms with Crippen LogP contribution in [0.3, 0.4) is 0 Å². The number of anilines is 2. The molecule has 0 bridgehead atoms. The summed E-state index contributed by atoms with van der Waals surface area (Å²) >= 11 is 0. The molecule has 188 valence electrons. The number of hydrogen-bond acceptors (Lipinski definition) is 7. The van der Waals surface area contributed by atoms with Gasteiger partial charge in [-0.25, -0.2) is 14.8 Å². The smallest absolute Gasteiger partial charge is 0.319 e.